The summed E-state index contributed by atoms with van der Waals surface area (Å²) in [7, 11) is 0. The number of benzene rings is 1. The molecule has 6 nitrogen and oxygen atoms in total. The number of halogens is 3. The fourth-order valence-electron chi connectivity index (χ4n) is 4.60. The molecule has 3 aliphatic rings. The summed E-state index contributed by atoms with van der Waals surface area (Å²) in [6.07, 6.45) is -0.333. The quantitative estimate of drug-likeness (QED) is 0.805. The third-order valence-electron chi connectivity index (χ3n) is 6.23. The molecule has 0 aromatic heterocycles. The van der Waals surface area contributed by atoms with Gasteiger partial charge in [0.1, 0.15) is 0 Å². The number of carbonyl (C=O) groups is 2. The minimum Gasteiger partial charge on any atom is -0.378 e. The third kappa shape index (κ3) is 4.40. The van der Waals surface area contributed by atoms with Gasteiger partial charge in [0.25, 0.3) is 0 Å². The van der Waals surface area contributed by atoms with Gasteiger partial charge in [-0.3, -0.25) is 9.59 Å². The van der Waals surface area contributed by atoms with Crippen LogP contribution in [0.3, 0.4) is 0 Å². The molecule has 164 valence electrons. The molecular formula is C21H26F3N3O3. The van der Waals surface area contributed by atoms with Crippen molar-refractivity contribution in [3.05, 3.63) is 23.8 Å². The molecule has 2 saturated heterocycles. The van der Waals surface area contributed by atoms with Gasteiger partial charge in [0, 0.05) is 32.1 Å². The van der Waals surface area contributed by atoms with E-state index in [0.717, 1.165) is 37.8 Å². The second-order valence-electron chi connectivity index (χ2n) is 8.20. The van der Waals surface area contributed by atoms with Crippen molar-refractivity contribution in [2.24, 2.45) is 5.92 Å². The van der Waals surface area contributed by atoms with Gasteiger partial charge in [0.2, 0.25) is 11.8 Å². The highest BCUT2D eigenvalue weighted by molar-refractivity contribution is 5.99. The maximum atomic E-state index is 13.3. The van der Waals surface area contributed by atoms with Crippen molar-refractivity contribution in [1.82, 2.24) is 4.90 Å². The molecule has 4 rings (SSSR count). The van der Waals surface area contributed by atoms with Crippen molar-refractivity contribution in [2.45, 2.75) is 44.3 Å². The topological polar surface area (TPSA) is 61.9 Å². The molecule has 1 N–H and O–H groups in total. The predicted molar refractivity (Wildman–Crippen MR) is 105 cm³/mol. The molecule has 30 heavy (non-hydrogen) atoms. The molecule has 1 aliphatic carbocycles. The van der Waals surface area contributed by atoms with Crippen molar-refractivity contribution >= 4 is 23.2 Å². The summed E-state index contributed by atoms with van der Waals surface area (Å²) in [5.41, 5.74) is -0.148. The van der Waals surface area contributed by atoms with Crippen LogP contribution in [0.25, 0.3) is 0 Å². The van der Waals surface area contributed by atoms with Crippen LogP contribution >= 0.6 is 0 Å². The second kappa shape index (κ2) is 8.45. The first-order valence-corrected chi connectivity index (χ1v) is 10.5. The Morgan fingerprint density at radius 3 is 2.50 bits per heavy atom. The van der Waals surface area contributed by atoms with Gasteiger partial charge >= 0.3 is 6.18 Å². The smallest absolute Gasteiger partial charge is 0.378 e. The Hall–Kier alpha value is -2.29. The minimum absolute atomic E-state index is 0.0421. The molecule has 1 aromatic rings. The maximum absolute atomic E-state index is 13.3. The van der Waals surface area contributed by atoms with Crippen LogP contribution in [0.2, 0.25) is 0 Å². The number of nitrogens with one attached hydrogen (secondary N) is 1. The van der Waals surface area contributed by atoms with E-state index in [4.69, 9.17) is 4.74 Å². The standard InChI is InChI=1S/C21H26F3N3O3/c22-21(23,24)15-5-6-18(26-7-9-30-10-8-26)17(12-15)25-20(29)14-11-19(28)27(13-14)16-3-1-2-4-16/h5-6,12,14,16H,1-4,7-11,13H2,(H,25,29)/t14-/m1/s1. The summed E-state index contributed by atoms with van der Waals surface area (Å²) in [6, 6.07) is 3.59. The SMILES string of the molecule is O=C(Nc1cc(C(F)(F)F)ccc1N1CCOCC1)[C@@H]1CC(=O)N(C2CCCC2)C1. The fourth-order valence-corrected chi connectivity index (χ4v) is 4.60. The third-order valence-corrected chi connectivity index (χ3v) is 6.23. The molecule has 0 radical (unpaired) electrons. The second-order valence-corrected chi connectivity index (χ2v) is 8.20. The highest BCUT2D eigenvalue weighted by atomic mass is 19.4. The Bertz CT molecular complexity index is 802. The molecule has 1 aromatic carbocycles. The van der Waals surface area contributed by atoms with Gasteiger partial charge in [0.05, 0.1) is 36.1 Å². The lowest BCUT2D eigenvalue weighted by Crippen LogP contribution is -2.37. The predicted octanol–water partition coefficient (Wildman–Crippen LogP) is 3.27. The van der Waals surface area contributed by atoms with E-state index in [9.17, 15) is 22.8 Å². The number of ether oxygens (including phenoxy) is 1. The van der Waals surface area contributed by atoms with Crippen molar-refractivity contribution in [1.29, 1.82) is 0 Å². The molecule has 1 saturated carbocycles. The number of rotatable bonds is 4. The lowest BCUT2D eigenvalue weighted by molar-refractivity contribution is -0.137. The lowest BCUT2D eigenvalue weighted by atomic mass is 10.1. The molecule has 0 spiro atoms. The molecule has 2 heterocycles. The monoisotopic (exact) mass is 425 g/mol. The van der Waals surface area contributed by atoms with Gasteiger partial charge in [-0.25, -0.2) is 0 Å². The van der Waals surface area contributed by atoms with E-state index in [1.165, 1.54) is 6.07 Å². The number of anilines is 2. The van der Waals surface area contributed by atoms with Crippen LogP contribution in [0.1, 0.15) is 37.7 Å². The summed E-state index contributed by atoms with van der Waals surface area (Å²) in [5.74, 6) is -0.998. The van der Waals surface area contributed by atoms with Crippen molar-refractivity contribution < 1.29 is 27.5 Å². The van der Waals surface area contributed by atoms with E-state index in [2.05, 4.69) is 5.32 Å². The van der Waals surface area contributed by atoms with Crippen molar-refractivity contribution in [3.63, 3.8) is 0 Å². The van der Waals surface area contributed by atoms with E-state index in [-0.39, 0.29) is 24.1 Å². The average molecular weight is 425 g/mol. The summed E-state index contributed by atoms with van der Waals surface area (Å²) < 4.78 is 45.1. The highest BCUT2D eigenvalue weighted by Crippen LogP contribution is 2.36. The van der Waals surface area contributed by atoms with Gasteiger partial charge in [-0.2, -0.15) is 13.2 Å². The van der Waals surface area contributed by atoms with Gasteiger partial charge in [0.15, 0.2) is 0 Å². The van der Waals surface area contributed by atoms with E-state index < -0.39 is 23.6 Å². The van der Waals surface area contributed by atoms with Crippen LogP contribution < -0.4 is 10.2 Å². The Morgan fingerprint density at radius 1 is 1.13 bits per heavy atom. The highest BCUT2D eigenvalue weighted by Gasteiger charge is 2.39. The number of hydrogen-bond donors (Lipinski definition) is 1. The van der Waals surface area contributed by atoms with Gasteiger partial charge in [-0.05, 0) is 31.0 Å². The molecule has 3 fully saturated rings. The van der Waals surface area contributed by atoms with Gasteiger partial charge in [-0.1, -0.05) is 12.8 Å². The van der Waals surface area contributed by atoms with Crippen LogP contribution in [0.5, 0.6) is 0 Å². The molecule has 0 bridgehead atoms. The van der Waals surface area contributed by atoms with Crippen LogP contribution in [-0.2, 0) is 20.5 Å². The van der Waals surface area contributed by atoms with Crippen LogP contribution in [0.4, 0.5) is 24.5 Å². The fraction of sp³-hybridized carbons (Fsp3) is 0.619. The molecule has 0 unspecified atom stereocenters. The Labute approximate surface area is 173 Å². The van der Waals surface area contributed by atoms with Crippen LogP contribution in [0.15, 0.2) is 18.2 Å². The number of carbonyl (C=O) groups excluding carboxylic acids is 2. The average Bonchev–Trinajstić information content (AvgIpc) is 3.37. The first-order valence-electron chi connectivity index (χ1n) is 10.5. The minimum atomic E-state index is -4.51. The van der Waals surface area contributed by atoms with Gasteiger partial charge in [-0.15, -0.1) is 0 Å². The number of hydrogen-bond acceptors (Lipinski definition) is 4. The molecule has 2 aliphatic heterocycles. The lowest BCUT2D eigenvalue weighted by Gasteiger charge is -2.31. The van der Waals surface area contributed by atoms with Crippen LogP contribution in [0, 0.1) is 5.92 Å². The zero-order valence-electron chi connectivity index (χ0n) is 16.7. The van der Waals surface area contributed by atoms with E-state index in [1.54, 1.807) is 4.90 Å². The largest absolute Gasteiger partial charge is 0.416 e. The van der Waals surface area contributed by atoms with Crippen molar-refractivity contribution in [3.8, 4) is 0 Å². The number of nitrogens with zero attached hydrogens (tertiary/aromatic N) is 2. The van der Waals surface area contributed by atoms with Gasteiger partial charge < -0.3 is 19.9 Å². The van der Waals surface area contributed by atoms with E-state index >= 15 is 0 Å². The summed E-state index contributed by atoms with van der Waals surface area (Å²) in [5, 5.41) is 2.69. The molecular weight excluding hydrogens is 399 g/mol. The Morgan fingerprint density at radius 2 is 1.83 bits per heavy atom. The Kier molecular flexibility index (Phi) is 5.90. The number of likely N-dealkylation sites (tertiary alicyclic amines) is 1. The molecule has 9 heteroatoms. The molecule has 1 atom stereocenters. The maximum Gasteiger partial charge on any atom is 0.416 e. The Balaban J connectivity index is 1.53. The van der Waals surface area contributed by atoms with Crippen LogP contribution in [-0.4, -0.2) is 55.6 Å². The zero-order valence-corrected chi connectivity index (χ0v) is 16.7. The summed E-state index contributed by atoms with van der Waals surface area (Å²) in [4.78, 5) is 29.0. The normalized spacial score (nSPS) is 23.3. The first kappa shape index (κ1) is 21.0. The summed E-state index contributed by atoms with van der Waals surface area (Å²) >= 11 is 0. The summed E-state index contributed by atoms with van der Waals surface area (Å²) in [6.45, 7) is 2.35. The number of amides is 2. The zero-order chi connectivity index (χ0) is 21.3. The number of morpholine rings is 1. The van der Waals surface area contributed by atoms with E-state index in [0.29, 0.717) is 38.5 Å². The van der Waals surface area contributed by atoms with E-state index in [1.807, 2.05) is 4.90 Å². The van der Waals surface area contributed by atoms with Crippen molar-refractivity contribution in [2.75, 3.05) is 43.1 Å². The molecule has 2 amide bonds. The first-order chi connectivity index (χ1) is 14.3. The number of alkyl halides is 3.